The van der Waals surface area contributed by atoms with Crippen LogP contribution in [0.15, 0.2) is 30.6 Å². The van der Waals surface area contributed by atoms with Gasteiger partial charge in [-0.25, -0.2) is 0 Å². The highest BCUT2D eigenvalue weighted by molar-refractivity contribution is 5.99. The molecule has 1 amide bonds. The molecule has 0 saturated heterocycles. The standard InChI is InChI=1S/C14H14F2N4O2/c15-14(16,13(22)5-3-6-13)12(21)19-10-8-18-20-11(10)9-4-1-2-7-17-9/h1-2,4,7-8,22H,3,5-6H2,(H,18,20)(H,19,21). The number of pyridine rings is 1. The Morgan fingerprint density at radius 1 is 1.41 bits per heavy atom. The summed E-state index contributed by atoms with van der Waals surface area (Å²) in [5.41, 5.74) is -1.39. The number of halogens is 2. The second kappa shape index (κ2) is 5.13. The average molecular weight is 308 g/mol. The van der Waals surface area contributed by atoms with E-state index < -0.39 is 17.4 Å². The number of alkyl halides is 2. The molecule has 8 heteroatoms. The van der Waals surface area contributed by atoms with Gasteiger partial charge >= 0.3 is 5.92 Å². The summed E-state index contributed by atoms with van der Waals surface area (Å²) in [6.07, 6.45) is 3.05. The Morgan fingerprint density at radius 3 is 2.77 bits per heavy atom. The topological polar surface area (TPSA) is 90.9 Å². The lowest BCUT2D eigenvalue weighted by Crippen LogP contribution is -2.59. The third kappa shape index (κ3) is 2.25. The van der Waals surface area contributed by atoms with Crippen LogP contribution in [-0.2, 0) is 4.79 Å². The summed E-state index contributed by atoms with van der Waals surface area (Å²) < 4.78 is 28.1. The average Bonchev–Trinajstić information content (AvgIpc) is 2.93. The number of aromatic amines is 1. The number of nitrogens with zero attached hydrogens (tertiary/aromatic N) is 2. The molecule has 0 aromatic carbocycles. The molecule has 3 rings (SSSR count). The maximum Gasteiger partial charge on any atom is 0.352 e. The smallest absolute Gasteiger partial charge is 0.352 e. The fourth-order valence-corrected chi connectivity index (χ4v) is 2.32. The van der Waals surface area contributed by atoms with E-state index in [0.717, 1.165) is 0 Å². The molecule has 1 aliphatic carbocycles. The van der Waals surface area contributed by atoms with E-state index in [-0.39, 0.29) is 18.5 Å². The highest BCUT2D eigenvalue weighted by atomic mass is 19.3. The van der Waals surface area contributed by atoms with E-state index in [0.29, 0.717) is 17.8 Å². The molecule has 0 bridgehead atoms. The molecular formula is C14H14F2N4O2. The van der Waals surface area contributed by atoms with E-state index in [1.807, 2.05) is 0 Å². The van der Waals surface area contributed by atoms with Crippen molar-refractivity contribution in [3.8, 4) is 11.4 Å². The van der Waals surface area contributed by atoms with Gasteiger partial charge in [0.1, 0.15) is 11.3 Å². The second-order valence-electron chi connectivity index (χ2n) is 5.29. The number of aliphatic hydroxyl groups is 1. The number of anilines is 1. The Labute approximate surface area is 124 Å². The van der Waals surface area contributed by atoms with Gasteiger partial charge in [0.25, 0.3) is 5.91 Å². The van der Waals surface area contributed by atoms with Crippen molar-refractivity contribution in [2.45, 2.75) is 30.8 Å². The number of nitrogens with one attached hydrogen (secondary N) is 2. The third-order valence-electron chi connectivity index (χ3n) is 3.86. The first-order valence-electron chi connectivity index (χ1n) is 6.80. The van der Waals surface area contributed by atoms with Gasteiger partial charge in [-0.1, -0.05) is 6.07 Å². The molecule has 3 N–H and O–H groups in total. The number of amides is 1. The molecule has 0 radical (unpaired) electrons. The molecule has 2 aromatic heterocycles. The van der Waals surface area contributed by atoms with Gasteiger partial charge in [0.2, 0.25) is 0 Å². The quantitative estimate of drug-likeness (QED) is 0.805. The molecule has 0 atom stereocenters. The van der Waals surface area contributed by atoms with Crippen LogP contribution in [0.2, 0.25) is 0 Å². The monoisotopic (exact) mass is 308 g/mol. The van der Waals surface area contributed by atoms with Crippen LogP contribution in [0.4, 0.5) is 14.5 Å². The van der Waals surface area contributed by atoms with Gasteiger partial charge in [-0.05, 0) is 31.4 Å². The zero-order chi connectivity index (χ0) is 15.8. The van der Waals surface area contributed by atoms with Crippen LogP contribution >= 0.6 is 0 Å². The van der Waals surface area contributed by atoms with Crippen molar-refractivity contribution in [3.05, 3.63) is 30.6 Å². The first-order valence-corrected chi connectivity index (χ1v) is 6.80. The Bertz CT molecular complexity index is 683. The van der Waals surface area contributed by atoms with E-state index in [1.54, 1.807) is 18.2 Å². The van der Waals surface area contributed by atoms with E-state index in [4.69, 9.17) is 0 Å². The summed E-state index contributed by atoms with van der Waals surface area (Å²) in [6, 6.07) is 5.08. The SMILES string of the molecule is O=C(Nc1cn[nH]c1-c1ccccn1)C(F)(F)C1(O)CCC1. The molecule has 1 aliphatic rings. The van der Waals surface area contributed by atoms with Gasteiger partial charge in [-0.15, -0.1) is 0 Å². The van der Waals surface area contributed by atoms with Crippen LogP contribution in [-0.4, -0.2) is 37.7 Å². The van der Waals surface area contributed by atoms with E-state index in [2.05, 4.69) is 20.5 Å². The zero-order valence-corrected chi connectivity index (χ0v) is 11.5. The van der Waals surface area contributed by atoms with Crippen LogP contribution in [0.25, 0.3) is 11.4 Å². The van der Waals surface area contributed by atoms with Gasteiger partial charge in [0.05, 0.1) is 17.6 Å². The van der Waals surface area contributed by atoms with Gasteiger partial charge in [-0.2, -0.15) is 13.9 Å². The minimum atomic E-state index is -3.86. The summed E-state index contributed by atoms with van der Waals surface area (Å²) in [6.45, 7) is 0. The largest absolute Gasteiger partial charge is 0.383 e. The van der Waals surface area contributed by atoms with Crippen molar-refractivity contribution >= 4 is 11.6 Å². The molecule has 2 heterocycles. The van der Waals surface area contributed by atoms with Crippen molar-refractivity contribution in [1.82, 2.24) is 15.2 Å². The van der Waals surface area contributed by atoms with E-state index >= 15 is 0 Å². The predicted octanol–water partition coefficient (Wildman–Crippen LogP) is 1.96. The number of carbonyl (C=O) groups excluding carboxylic acids is 1. The van der Waals surface area contributed by atoms with Gasteiger partial charge in [0, 0.05) is 6.20 Å². The summed E-state index contributed by atoms with van der Waals surface area (Å²) in [5, 5.41) is 18.3. The molecule has 0 aliphatic heterocycles. The minimum absolute atomic E-state index is 0.0892. The normalized spacial score (nSPS) is 16.9. The number of H-pyrrole nitrogens is 1. The molecule has 116 valence electrons. The summed E-state index contributed by atoms with van der Waals surface area (Å²) >= 11 is 0. The van der Waals surface area contributed by atoms with Crippen LogP contribution in [0.1, 0.15) is 19.3 Å². The maximum atomic E-state index is 14.1. The highest BCUT2D eigenvalue weighted by Crippen LogP contribution is 2.44. The van der Waals surface area contributed by atoms with Crippen molar-refractivity contribution in [2.75, 3.05) is 5.32 Å². The van der Waals surface area contributed by atoms with Crippen LogP contribution in [0.3, 0.4) is 0 Å². The number of aromatic nitrogens is 3. The third-order valence-corrected chi connectivity index (χ3v) is 3.86. The van der Waals surface area contributed by atoms with Gasteiger partial charge in [0.15, 0.2) is 0 Å². The lowest BCUT2D eigenvalue weighted by Gasteiger charge is -2.41. The fraction of sp³-hybridized carbons (Fsp3) is 0.357. The Hall–Kier alpha value is -2.35. The van der Waals surface area contributed by atoms with Crippen LogP contribution in [0.5, 0.6) is 0 Å². The Morgan fingerprint density at radius 2 is 2.18 bits per heavy atom. The first-order chi connectivity index (χ1) is 10.4. The van der Waals surface area contributed by atoms with E-state index in [9.17, 15) is 18.7 Å². The summed E-state index contributed by atoms with van der Waals surface area (Å²) in [5.74, 6) is -5.41. The lowest BCUT2D eigenvalue weighted by molar-refractivity contribution is -0.212. The molecule has 0 unspecified atom stereocenters. The highest BCUT2D eigenvalue weighted by Gasteiger charge is 2.61. The molecule has 0 spiro atoms. The number of hydrogen-bond donors (Lipinski definition) is 3. The fourth-order valence-electron chi connectivity index (χ4n) is 2.32. The van der Waals surface area contributed by atoms with Crippen molar-refractivity contribution < 1.29 is 18.7 Å². The van der Waals surface area contributed by atoms with Crippen molar-refractivity contribution in [1.29, 1.82) is 0 Å². The lowest BCUT2D eigenvalue weighted by atomic mass is 9.75. The second-order valence-corrected chi connectivity index (χ2v) is 5.29. The zero-order valence-electron chi connectivity index (χ0n) is 11.5. The van der Waals surface area contributed by atoms with Gasteiger partial charge < -0.3 is 10.4 Å². The van der Waals surface area contributed by atoms with Gasteiger partial charge in [-0.3, -0.25) is 14.9 Å². The molecular weight excluding hydrogens is 294 g/mol. The van der Waals surface area contributed by atoms with Crippen molar-refractivity contribution in [2.24, 2.45) is 0 Å². The summed E-state index contributed by atoms with van der Waals surface area (Å²) in [4.78, 5) is 15.9. The van der Waals surface area contributed by atoms with Crippen molar-refractivity contribution in [3.63, 3.8) is 0 Å². The Balaban J connectivity index is 1.83. The molecule has 22 heavy (non-hydrogen) atoms. The van der Waals surface area contributed by atoms with Crippen LogP contribution < -0.4 is 5.32 Å². The van der Waals surface area contributed by atoms with E-state index in [1.165, 1.54) is 12.4 Å². The number of rotatable bonds is 4. The number of carbonyl (C=O) groups is 1. The van der Waals surface area contributed by atoms with Crippen LogP contribution in [0, 0.1) is 0 Å². The number of hydrogen-bond acceptors (Lipinski definition) is 4. The molecule has 1 saturated carbocycles. The molecule has 2 aromatic rings. The Kier molecular flexibility index (Phi) is 3.40. The molecule has 1 fully saturated rings. The molecule has 6 nitrogen and oxygen atoms in total. The summed E-state index contributed by atoms with van der Waals surface area (Å²) in [7, 11) is 0. The maximum absolute atomic E-state index is 14.1. The predicted molar refractivity (Wildman–Crippen MR) is 74.2 cm³/mol. The first kappa shape index (κ1) is 14.6. The minimum Gasteiger partial charge on any atom is -0.383 e.